The molecule has 1 aliphatic rings. The van der Waals surface area contributed by atoms with Gasteiger partial charge in [-0.3, -0.25) is 0 Å². The predicted octanol–water partition coefficient (Wildman–Crippen LogP) is 4.63. The summed E-state index contributed by atoms with van der Waals surface area (Å²) in [5.74, 6) is 1.88. The van der Waals surface area contributed by atoms with Crippen LogP contribution in [0.1, 0.15) is 47.9 Å². The largest absolute Gasteiger partial charge is 0.508 e. The molecule has 0 heterocycles. The number of phenols is 1. The molecule has 22 heavy (non-hydrogen) atoms. The summed E-state index contributed by atoms with van der Waals surface area (Å²) in [5, 5.41) is 9.64. The Balaban J connectivity index is 1.92. The first-order valence-electron chi connectivity index (χ1n) is 8.18. The highest BCUT2D eigenvalue weighted by molar-refractivity contribution is 5.43. The highest BCUT2D eigenvalue weighted by atomic mass is 16.5. The summed E-state index contributed by atoms with van der Waals surface area (Å²) >= 11 is 0. The third-order valence-corrected chi connectivity index (χ3v) is 4.73. The maximum atomic E-state index is 9.64. The molecule has 0 spiro atoms. The van der Waals surface area contributed by atoms with Gasteiger partial charge in [0, 0.05) is 0 Å². The Morgan fingerprint density at radius 2 is 2.00 bits per heavy atom. The first kappa shape index (κ1) is 15.0. The number of aryl methyl sites for hydroxylation is 2. The summed E-state index contributed by atoms with van der Waals surface area (Å²) in [4.78, 5) is 0. The number of ether oxygens (including phenoxy) is 1. The summed E-state index contributed by atoms with van der Waals surface area (Å²) in [6, 6.07) is 12.3. The molecule has 1 atom stereocenters. The van der Waals surface area contributed by atoms with E-state index in [0.717, 1.165) is 37.9 Å². The molecule has 2 aromatic rings. The highest BCUT2D eigenvalue weighted by Gasteiger charge is 2.22. The summed E-state index contributed by atoms with van der Waals surface area (Å²) < 4.78 is 5.43. The lowest BCUT2D eigenvalue weighted by Gasteiger charge is -2.27. The molecule has 2 aromatic carbocycles. The van der Waals surface area contributed by atoms with Crippen LogP contribution in [0.15, 0.2) is 36.4 Å². The van der Waals surface area contributed by atoms with Gasteiger partial charge in [-0.2, -0.15) is 0 Å². The molecule has 0 fully saturated rings. The molecular weight excluding hydrogens is 272 g/mol. The van der Waals surface area contributed by atoms with Crippen molar-refractivity contribution < 1.29 is 9.84 Å². The molecule has 2 heteroatoms. The van der Waals surface area contributed by atoms with Gasteiger partial charge < -0.3 is 9.84 Å². The van der Waals surface area contributed by atoms with Crippen molar-refractivity contribution in [1.82, 2.24) is 0 Å². The van der Waals surface area contributed by atoms with Crippen molar-refractivity contribution in [2.24, 2.45) is 0 Å². The summed E-state index contributed by atoms with van der Waals surface area (Å²) in [7, 11) is 1.73. The van der Waals surface area contributed by atoms with Crippen LogP contribution in [-0.2, 0) is 19.3 Å². The van der Waals surface area contributed by atoms with Crippen molar-refractivity contribution in [3.63, 3.8) is 0 Å². The zero-order valence-corrected chi connectivity index (χ0v) is 13.4. The van der Waals surface area contributed by atoms with Crippen LogP contribution < -0.4 is 4.74 Å². The lowest BCUT2D eigenvalue weighted by molar-refractivity contribution is 0.413. The minimum Gasteiger partial charge on any atom is -0.508 e. The quantitative estimate of drug-likeness (QED) is 0.891. The first-order valence-corrected chi connectivity index (χ1v) is 8.18. The number of rotatable bonds is 4. The van der Waals surface area contributed by atoms with Crippen LogP contribution in [0.3, 0.4) is 0 Å². The number of benzene rings is 2. The van der Waals surface area contributed by atoms with E-state index in [0.29, 0.717) is 11.7 Å². The van der Waals surface area contributed by atoms with Crippen LogP contribution >= 0.6 is 0 Å². The predicted molar refractivity (Wildman–Crippen MR) is 89.9 cm³/mol. The third-order valence-electron chi connectivity index (χ3n) is 4.73. The fourth-order valence-electron chi connectivity index (χ4n) is 3.58. The zero-order chi connectivity index (χ0) is 15.5. The third kappa shape index (κ3) is 2.96. The second kappa shape index (κ2) is 6.43. The maximum Gasteiger partial charge on any atom is 0.119 e. The molecule has 1 N–H and O–H groups in total. The fraction of sp³-hybridized carbons (Fsp3) is 0.400. The van der Waals surface area contributed by atoms with Gasteiger partial charge in [0.05, 0.1) is 7.11 Å². The van der Waals surface area contributed by atoms with Crippen molar-refractivity contribution in [3.05, 3.63) is 58.7 Å². The number of fused-ring (bicyclic) bond motifs is 1. The van der Waals surface area contributed by atoms with E-state index in [1.54, 1.807) is 13.2 Å². The summed E-state index contributed by atoms with van der Waals surface area (Å²) in [6.45, 7) is 2.23. The average Bonchev–Trinajstić information content (AvgIpc) is 2.55. The van der Waals surface area contributed by atoms with Crippen molar-refractivity contribution in [2.75, 3.05) is 7.11 Å². The van der Waals surface area contributed by atoms with Gasteiger partial charge in [0.1, 0.15) is 11.5 Å². The first-order chi connectivity index (χ1) is 10.7. The van der Waals surface area contributed by atoms with Gasteiger partial charge in [0.25, 0.3) is 0 Å². The Bertz CT molecular complexity index is 661. The van der Waals surface area contributed by atoms with Crippen molar-refractivity contribution >= 4 is 0 Å². The minimum atomic E-state index is 0.380. The molecule has 0 aliphatic heterocycles. The molecule has 3 rings (SSSR count). The van der Waals surface area contributed by atoms with Gasteiger partial charge in [-0.15, -0.1) is 0 Å². The SMILES string of the molecule is CCCc1ccc(OC)cc1C1CCc2cc(O)ccc2C1. The van der Waals surface area contributed by atoms with Crippen LogP contribution in [0, 0.1) is 0 Å². The van der Waals surface area contributed by atoms with Crippen molar-refractivity contribution in [3.8, 4) is 11.5 Å². The molecule has 0 bridgehead atoms. The Labute approximate surface area is 132 Å². The lowest BCUT2D eigenvalue weighted by atomic mass is 9.78. The smallest absolute Gasteiger partial charge is 0.119 e. The highest BCUT2D eigenvalue weighted by Crippen LogP contribution is 2.37. The summed E-state index contributed by atoms with van der Waals surface area (Å²) in [6.07, 6.45) is 5.52. The maximum absolute atomic E-state index is 9.64. The van der Waals surface area contributed by atoms with Crippen LogP contribution in [0.4, 0.5) is 0 Å². The number of hydrogen-bond donors (Lipinski definition) is 1. The average molecular weight is 296 g/mol. The van der Waals surface area contributed by atoms with E-state index in [1.165, 1.54) is 22.3 Å². The number of hydrogen-bond acceptors (Lipinski definition) is 2. The van der Waals surface area contributed by atoms with Gasteiger partial charge in [0.15, 0.2) is 0 Å². The van der Waals surface area contributed by atoms with Gasteiger partial charge in [-0.1, -0.05) is 25.5 Å². The van der Waals surface area contributed by atoms with Gasteiger partial charge in [-0.05, 0) is 78.1 Å². The number of methoxy groups -OCH3 is 1. The molecule has 2 nitrogen and oxygen atoms in total. The van der Waals surface area contributed by atoms with E-state index >= 15 is 0 Å². The van der Waals surface area contributed by atoms with E-state index < -0.39 is 0 Å². The molecule has 0 aromatic heterocycles. The van der Waals surface area contributed by atoms with Crippen LogP contribution in [0.2, 0.25) is 0 Å². The lowest BCUT2D eigenvalue weighted by Crippen LogP contribution is -2.14. The van der Waals surface area contributed by atoms with E-state index in [1.807, 2.05) is 6.07 Å². The van der Waals surface area contributed by atoms with E-state index in [9.17, 15) is 5.11 Å². The molecule has 0 saturated heterocycles. The number of phenolic OH excluding ortho intramolecular Hbond substituents is 1. The Hall–Kier alpha value is -1.96. The Kier molecular flexibility index (Phi) is 4.37. The van der Waals surface area contributed by atoms with Gasteiger partial charge in [0.2, 0.25) is 0 Å². The molecule has 116 valence electrons. The minimum absolute atomic E-state index is 0.380. The summed E-state index contributed by atoms with van der Waals surface area (Å²) in [5.41, 5.74) is 5.57. The molecule has 1 aliphatic carbocycles. The van der Waals surface area contributed by atoms with Crippen molar-refractivity contribution in [1.29, 1.82) is 0 Å². The molecular formula is C20H24O2. The molecule has 0 radical (unpaired) electrons. The molecule has 0 saturated carbocycles. The van der Waals surface area contributed by atoms with E-state index in [2.05, 4.69) is 31.2 Å². The van der Waals surface area contributed by atoms with Gasteiger partial charge >= 0.3 is 0 Å². The zero-order valence-electron chi connectivity index (χ0n) is 13.4. The Morgan fingerprint density at radius 1 is 1.14 bits per heavy atom. The standard InChI is InChI=1S/C20H24O2/c1-3-4-14-8-10-19(22-2)13-20(14)17-6-5-16-12-18(21)9-7-15(16)11-17/h7-10,12-13,17,21H,3-6,11H2,1-2H3. The van der Waals surface area contributed by atoms with E-state index in [4.69, 9.17) is 4.74 Å². The second-order valence-electron chi connectivity index (χ2n) is 6.21. The van der Waals surface area contributed by atoms with Crippen LogP contribution in [-0.4, -0.2) is 12.2 Å². The van der Waals surface area contributed by atoms with Crippen LogP contribution in [0.5, 0.6) is 11.5 Å². The van der Waals surface area contributed by atoms with Crippen molar-refractivity contribution in [2.45, 2.75) is 44.9 Å². The van der Waals surface area contributed by atoms with Gasteiger partial charge in [-0.25, -0.2) is 0 Å². The fourth-order valence-corrected chi connectivity index (χ4v) is 3.58. The molecule has 1 unspecified atom stereocenters. The van der Waals surface area contributed by atoms with E-state index in [-0.39, 0.29) is 0 Å². The topological polar surface area (TPSA) is 29.5 Å². The van der Waals surface area contributed by atoms with Crippen LogP contribution in [0.25, 0.3) is 0 Å². The molecule has 0 amide bonds. The monoisotopic (exact) mass is 296 g/mol. The number of aromatic hydroxyl groups is 1. The normalized spacial score (nSPS) is 17.1. The Morgan fingerprint density at radius 3 is 2.77 bits per heavy atom. The second-order valence-corrected chi connectivity index (χ2v) is 6.21.